The fourth-order valence-electron chi connectivity index (χ4n) is 1.83. The van der Waals surface area contributed by atoms with Gasteiger partial charge in [-0.15, -0.1) is 0 Å². The molecule has 4 heteroatoms. The highest BCUT2D eigenvalue weighted by atomic mass is 15.1. The third-order valence-corrected chi connectivity index (χ3v) is 2.82. The van der Waals surface area contributed by atoms with E-state index in [9.17, 15) is 0 Å². The van der Waals surface area contributed by atoms with Gasteiger partial charge in [0.1, 0.15) is 18.2 Å². The fraction of sp³-hybridized carbons (Fsp3) is 0.455. The molecule has 0 N–H and O–H groups in total. The highest BCUT2D eigenvalue weighted by Gasteiger charge is 2.12. The molecule has 2 aromatic heterocycles. The number of hydrogen-bond acceptors (Lipinski definition) is 1. The minimum absolute atomic E-state index is 0.981. The van der Waals surface area contributed by atoms with Crippen LogP contribution >= 0.6 is 0 Å². The monoisotopic (exact) mass is 205 g/mol. The molecule has 0 aliphatic heterocycles. The van der Waals surface area contributed by atoms with Gasteiger partial charge >= 0.3 is 0 Å². The molecule has 0 unspecified atom stereocenters. The average Bonchev–Trinajstić information content (AvgIpc) is 2.73. The first-order valence-electron chi connectivity index (χ1n) is 5.14. The summed E-state index contributed by atoms with van der Waals surface area (Å²) in [5, 5.41) is 0. The lowest BCUT2D eigenvalue weighted by molar-refractivity contribution is -0.678. The van der Waals surface area contributed by atoms with E-state index in [2.05, 4.69) is 45.2 Å². The van der Waals surface area contributed by atoms with Gasteiger partial charge in [0.15, 0.2) is 0 Å². The molecule has 2 rings (SSSR count). The van der Waals surface area contributed by atoms with Gasteiger partial charge in [-0.2, -0.15) is 0 Å². The molecule has 0 bridgehead atoms. The highest BCUT2D eigenvalue weighted by molar-refractivity contribution is 4.94. The number of imidazole rings is 2. The Morgan fingerprint density at radius 1 is 1.20 bits per heavy atom. The van der Waals surface area contributed by atoms with Crippen molar-refractivity contribution >= 4 is 0 Å². The molecule has 2 heterocycles. The lowest BCUT2D eigenvalue weighted by atomic mass is 10.3. The van der Waals surface area contributed by atoms with Gasteiger partial charge in [0.05, 0.1) is 20.5 Å². The lowest BCUT2D eigenvalue weighted by Crippen LogP contribution is -2.32. The molecule has 0 spiro atoms. The molecule has 0 aliphatic carbocycles. The topological polar surface area (TPSA) is 26.6 Å². The second kappa shape index (κ2) is 3.88. The Bertz CT molecular complexity index is 433. The molecule has 2 aromatic rings. The van der Waals surface area contributed by atoms with Gasteiger partial charge in [-0.05, 0) is 0 Å². The van der Waals surface area contributed by atoms with Crippen LogP contribution in [0.5, 0.6) is 0 Å². The molecular weight excluding hydrogens is 188 g/mol. The zero-order chi connectivity index (χ0) is 10.8. The third-order valence-electron chi connectivity index (χ3n) is 2.82. The van der Waals surface area contributed by atoms with Crippen LogP contribution in [-0.2, 0) is 34.0 Å². The smallest absolute Gasteiger partial charge is 0.256 e. The van der Waals surface area contributed by atoms with Crippen LogP contribution in [-0.4, -0.2) is 14.1 Å². The Morgan fingerprint density at radius 2 is 2.00 bits per heavy atom. The van der Waals surface area contributed by atoms with E-state index >= 15 is 0 Å². The Balaban J connectivity index is 2.08. The summed E-state index contributed by atoms with van der Waals surface area (Å²) in [5.41, 5.74) is 0. The Labute approximate surface area is 89.8 Å². The van der Waals surface area contributed by atoms with Crippen molar-refractivity contribution in [2.45, 2.75) is 12.8 Å². The van der Waals surface area contributed by atoms with Crippen molar-refractivity contribution in [1.29, 1.82) is 0 Å². The summed E-state index contributed by atoms with van der Waals surface area (Å²) >= 11 is 0. The van der Waals surface area contributed by atoms with Crippen LogP contribution in [0.4, 0.5) is 0 Å². The molecule has 0 aromatic carbocycles. The molecule has 0 saturated carbocycles. The Morgan fingerprint density at radius 3 is 2.53 bits per heavy atom. The first-order valence-corrected chi connectivity index (χ1v) is 5.14. The summed E-state index contributed by atoms with van der Waals surface area (Å²) in [4.78, 5) is 4.32. The molecular formula is C11H17N4+. The summed E-state index contributed by atoms with van der Waals surface area (Å²) in [6.07, 6.45) is 9.99. The van der Waals surface area contributed by atoms with Crippen LogP contribution in [0.25, 0.3) is 0 Å². The van der Waals surface area contributed by atoms with Gasteiger partial charge < -0.3 is 4.57 Å². The number of aryl methyl sites for hydroxylation is 4. The maximum atomic E-state index is 4.32. The quantitative estimate of drug-likeness (QED) is 0.665. The van der Waals surface area contributed by atoms with Gasteiger partial charge in [-0.3, -0.25) is 0 Å². The first-order chi connectivity index (χ1) is 7.18. The fourth-order valence-corrected chi connectivity index (χ4v) is 1.83. The zero-order valence-corrected chi connectivity index (χ0v) is 9.51. The molecule has 4 nitrogen and oxygen atoms in total. The number of rotatable bonds is 3. The summed E-state index contributed by atoms with van der Waals surface area (Å²) in [7, 11) is 6.19. The van der Waals surface area contributed by atoms with Crippen LogP contribution in [0, 0.1) is 0 Å². The van der Waals surface area contributed by atoms with E-state index in [4.69, 9.17) is 0 Å². The van der Waals surface area contributed by atoms with Gasteiger partial charge in [0, 0.05) is 25.9 Å². The minimum Gasteiger partial charge on any atom is -0.338 e. The van der Waals surface area contributed by atoms with Crippen molar-refractivity contribution in [3.05, 3.63) is 36.4 Å². The van der Waals surface area contributed by atoms with Crippen molar-refractivity contribution in [2.24, 2.45) is 21.1 Å². The minimum atomic E-state index is 0.981. The van der Waals surface area contributed by atoms with Crippen LogP contribution in [0.2, 0.25) is 0 Å². The molecule has 0 saturated heterocycles. The van der Waals surface area contributed by atoms with Gasteiger partial charge in [0.25, 0.3) is 5.82 Å². The predicted octanol–water partition coefficient (Wildman–Crippen LogP) is 0.368. The van der Waals surface area contributed by atoms with Crippen molar-refractivity contribution < 1.29 is 4.57 Å². The van der Waals surface area contributed by atoms with E-state index in [1.807, 2.05) is 19.4 Å². The second-order valence-corrected chi connectivity index (χ2v) is 3.89. The predicted molar refractivity (Wildman–Crippen MR) is 57.2 cm³/mol. The van der Waals surface area contributed by atoms with E-state index in [1.54, 1.807) is 0 Å². The van der Waals surface area contributed by atoms with Crippen LogP contribution in [0.3, 0.4) is 0 Å². The van der Waals surface area contributed by atoms with Crippen LogP contribution < -0.4 is 4.57 Å². The normalized spacial score (nSPS) is 10.9. The van der Waals surface area contributed by atoms with E-state index in [1.165, 1.54) is 5.82 Å². The first kappa shape index (κ1) is 9.96. The van der Waals surface area contributed by atoms with E-state index in [-0.39, 0.29) is 0 Å². The van der Waals surface area contributed by atoms with Crippen molar-refractivity contribution in [1.82, 2.24) is 14.1 Å². The van der Waals surface area contributed by atoms with E-state index in [0.29, 0.717) is 0 Å². The number of aromatic nitrogens is 4. The Hall–Kier alpha value is -1.58. The largest absolute Gasteiger partial charge is 0.338 e. The van der Waals surface area contributed by atoms with Crippen molar-refractivity contribution in [2.75, 3.05) is 0 Å². The maximum absolute atomic E-state index is 4.32. The summed E-state index contributed by atoms with van der Waals surface area (Å²) in [6, 6.07) is 0. The molecule has 0 amide bonds. The number of hydrogen-bond donors (Lipinski definition) is 0. The van der Waals surface area contributed by atoms with Crippen molar-refractivity contribution in [3.8, 4) is 0 Å². The zero-order valence-electron chi connectivity index (χ0n) is 9.51. The SMILES string of the molecule is Cn1ccnc1CCc1n(C)cc[n+]1C. The molecule has 0 fully saturated rings. The summed E-state index contributed by atoms with van der Waals surface area (Å²) in [5.74, 6) is 2.45. The summed E-state index contributed by atoms with van der Waals surface area (Å²) < 4.78 is 6.38. The summed E-state index contributed by atoms with van der Waals surface area (Å²) in [6.45, 7) is 0. The molecule has 0 atom stereocenters. The third kappa shape index (κ3) is 1.93. The van der Waals surface area contributed by atoms with Crippen LogP contribution in [0.15, 0.2) is 24.8 Å². The second-order valence-electron chi connectivity index (χ2n) is 3.89. The number of nitrogens with zero attached hydrogens (tertiary/aromatic N) is 4. The molecule has 0 radical (unpaired) electrons. The van der Waals surface area contributed by atoms with Gasteiger partial charge in [0.2, 0.25) is 0 Å². The van der Waals surface area contributed by atoms with E-state index in [0.717, 1.165) is 18.7 Å². The Kier molecular flexibility index (Phi) is 2.58. The van der Waals surface area contributed by atoms with Gasteiger partial charge in [-0.25, -0.2) is 14.1 Å². The lowest BCUT2D eigenvalue weighted by Gasteiger charge is -2.00. The molecule has 80 valence electrons. The average molecular weight is 205 g/mol. The molecule has 0 aliphatic rings. The standard InChI is InChI=1S/C11H17N4/c1-13-7-6-12-10(13)4-5-11-14(2)8-9-15(11)3/h6-9H,4-5H2,1-3H3/q+1. The van der Waals surface area contributed by atoms with Gasteiger partial charge in [-0.1, -0.05) is 0 Å². The van der Waals surface area contributed by atoms with Crippen molar-refractivity contribution in [3.63, 3.8) is 0 Å². The maximum Gasteiger partial charge on any atom is 0.256 e. The van der Waals surface area contributed by atoms with E-state index < -0.39 is 0 Å². The highest BCUT2D eigenvalue weighted by Crippen LogP contribution is 2.01. The molecule has 15 heavy (non-hydrogen) atoms. The van der Waals surface area contributed by atoms with Crippen LogP contribution in [0.1, 0.15) is 11.6 Å².